The molecule has 3 rings (SSSR count). The summed E-state index contributed by atoms with van der Waals surface area (Å²) in [5.41, 5.74) is 3.15. The molecule has 4 heteroatoms. The fraction of sp³-hybridized carbons (Fsp3) is 0.222. The number of ether oxygens (including phenoxy) is 1. The lowest BCUT2D eigenvalue weighted by molar-refractivity contribution is 0.0941. The molecule has 22 heavy (non-hydrogen) atoms. The van der Waals surface area contributed by atoms with E-state index in [-0.39, 0.29) is 11.7 Å². The molecule has 0 saturated heterocycles. The van der Waals surface area contributed by atoms with Crippen LogP contribution < -0.4 is 4.74 Å². The third-order valence-electron chi connectivity index (χ3n) is 3.67. The van der Waals surface area contributed by atoms with Gasteiger partial charge < -0.3 is 4.74 Å². The Morgan fingerprint density at radius 1 is 1.14 bits per heavy atom. The molecule has 0 aliphatic rings. The second-order valence-corrected chi connectivity index (χ2v) is 5.50. The number of benzene rings is 1. The van der Waals surface area contributed by atoms with Crippen LogP contribution in [0, 0.1) is 5.92 Å². The number of hydrogen-bond acceptors (Lipinski definition) is 3. The van der Waals surface area contributed by atoms with E-state index < -0.39 is 0 Å². The Hall–Kier alpha value is -2.62. The molecule has 0 N–H and O–H groups in total. The van der Waals surface area contributed by atoms with Gasteiger partial charge in [0, 0.05) is 17.7 Å². The number of fused-ring (bicyclic) bond motifs is 1. The molecular formula is C18H18N2O2. The number of aromatic nitrogens is 2. The summed E-state index contributed by atoms with van der Waals surface area (Å²) in [5, 5.41) is 4.60. The predicted molar refractivity (Wildman–Crippen MR) is 86.3 cm³/mol. The van der Waals surface area contributed by atoms with Gasteiger partial charge in [0.05, 0.1) is 18.2 Å². The summed E-state index contributed by atoms with van der Waals surface area (Å²) < 4.78 is 6.95. The molecular weight excluding hydrogens is 276 g/mol. The van der Waals surface area contributed by atoms with Crippen molar-refractivity contribution in [3.8, 4) is 17.0 Å². The summed E-state index contributed by atoms with van der Waals surface area (Å²) in [7, 11) is 1.63. The van der Waals surface area contributed by atoms with Crippen molar-refractivity contribution in [1.29, 1.82) is 0 Å². The van der Waals surface area contributed by atoms with Crippen molar-refractivity contribution in [2.75, 3.05) is 7.11 Å². The minimum absolute atomic E-state index is 0.0785. The molecule has 0 bridgehead atoms. The minimum atomic E-state index is -0.0785. The lowest BCUT2D eigenvalue weighted by Crippen LogP contribution is -2.08. The Balaban J connectivity index is 2.23. The molecule has 0 atom stereocenters. The molecule has 3 aromatic rings. The molecule has 0 amide bonds. The third-order valence-corrected chi connectivity index (χ3v) is 3.67. The molecule has 0 aliphatic carbocycles. The number of hydrogen-bond donors (Lipinski definition) is 0. The number of rotatable bonds is 4. The van der Waals surface area contributed by atoms with E-state index in [4.69, 9.17) is 4.74 Å². The second kappa shape index (κ2) is 5.64. The Labute approximate surface area is 129 Å². The highest BCUT2D eigenvalue weighted by atomic mass is 16.5. The highest BCUT2D eigenvalue weighted by molar-refractivity contribution is 6.08. The molecule has 4 nitrogen and oxygen atoms in total. The summed E-state index contributed by atoms with van der Waals surface area (Å²) >= 11 is 0. The maximum absolute atomic E-state index is 12.7. The first-order valence-corrected chi connectivity index (χ1v) is 7.28. The Bertz CT molecular complexity index is 817. The van der Waals surface area contributed by atoms with Gasteiger partial charge in [-0.2, -0.15) is 5.10 Å². The molecule has 2 heterocycles. The van der Waals surface area contributed by atoms with Crippen LogP contribution in [0.3, 0.4) is 0 Å². The second-order valence-electron chi connectivity index (χ2n) is 5.50. The number of ketones is 1. The maximum atomic E-state index is 12.7. The Morgan fingerprint density at radius 2 is 1.86 bits per heavy atom. The van der Waals surface area contributed by atoms with Crippen molar-refractivity contribution in [2.24, 2.45) is 5.92 Å². The number of carbonyl (C=O) groups excluding carboxylic acids is 1. The number of pyridine rings is 1. The van der Waals surface area contributed by atoms with Crippen molar-refractivity contribution in [1.82, 2.24) is 9.61 Å². The van der Waals surface area contributed by atoms with E-state index in [1.54, 1.807) is 11.6 Å². The van der Waals surface area contributed by atoms with E-state index in [0.29, 0.717) is 11.3 Å². The molecule has 112 valence electrons. The molecule has 0 saturated carbocycles. The summed E-state index contributed by atoms with van der Waals surface area (Å²) in [6.07, 6.45) is 1.86. The lowest BCUT2D eigenvalue weighted by Gasteiger charge is -2.06. The van der Waals surface area contributed by atoms with Crippen molar-refractivity contribution < 1.29 is 9.53 Å². The van der Waals surface area contributed by atoms with Crippen LogP contribution in [-0.4, -0.2) is 22.5 Å². The average Bonchev–Trinajstić information content (AvgIpc) is 2.93. The molecule has 0 fully saturated rings. The molecule has 0 unspecified atom stereocenters. The van der Waals surface area contributed by atoms with E-state index in [1.165, 1.54) is 0 Å². The van der Waals surface area contributed by atoms with Gasteiger partial charge in [0.25, 0.3) is 0 Å². The minimum Gasteiger partial charge on any atom is -0.497 e. The first-order valence-electron chi connectivity index (χ1n) is 7.28. The highest BCUT2D eigenvalue weighted by Crippen LogP contribution is 2.29. The van der Waals surface area contributed by atoms with Crippen LogP contribution in [0.4, 0.5) is 0 Å². The van der Waals surface area contributed by atoms with Gasteiger partial charge in [0.2, 0.25) is 0 Å². The average molecular weight is 294 g/mol. The number of methoxy groups -OCH3 is 1. The third kappa shape index (κ3) is 2.37. The number of nitrogens with zero attached hydrogens (tertiary/aromatic N) is 2. The van der Waals surface area contributed by atoms with Crippen molar-refractivity contribution in [3.05, 3.63) is 54.2 Å². The van der Waals surface area contributed by atoms with Crippen LogP contribution >= 0.6 is 0 Å². The van der Waals surface area contributed by atoms with Crippen molar-refractivity contribution in [2.45, 2.75) is 13.8 Å². The van der Waals surface area contributed by atoms with Gasteiger partial charge in [-0.05, 0) is 36.4 Å². The number of carbonyl (C=O) groups is 1. The van der Waals surface area contributed by atoms with Crippen molar-refractivity contribution in [3.63, 3.8) is 0 Å². The molecule has 1 aromatic carbocycles. The first kappa shape index (κ1) is 14.3. The van der Waals surface area contributed by atoms with Crippen LogP contribution in [0.15, 0.2) is 48.7 Å². The SMILES string of the molecule is COc1ccc(-c2nn3ccccc3c2C(=O)C(C)C)cc1. The smallest absolute Gasteiger partial charge is 0.169 e. The van der Waals surface area contributed by atoms with Crippen LogP contribution in [-0.2, 0) is 0 Å². The lowest BCUT2D eigenvalue weighted by atomic mass is 9.97. The van der Waals surface area contributed by atoms with E-state index in [0.717, 1.165) is 16.8 Å². The monoisotopic (exact) mass is 294 g/mol. The Morgan fingerprint density at radius 3 is 2.50 bits per heavy atom. The quantitative estimate of drug-likeness (QED) is 0.686. The summed E-state index contributed by atoms with van der Waals surface area (Å²) in [4.78, 5) is 12.7. The largest absolute Gasteiger partial charge is 0.497 e. The van der Waals surface area contributed by atoms with Crippen LogP contribution in [0.5, 0.6) is 5.75 Å². The summed E-state index contributed by atoms with van der Waals surface area (Å²) in [6.45, 7) is 3.82. The van der Waals surface area contributed by atoms with E-state index in [9.17, 15) is 4.79 Å². The first-order chi connectivity index (χ1) is 10.6. The van der Waals surface area contributed by atoms with E-state index in [2.05, 4.69) is 5.10 Å². The van der Waals surface area contributed by atoms with Gasteiger partial charge in [-0.25, -0.2) is 4.52 Å². The van der Waals surface area contributed by atoms with E-state index in [1.807, 2.05) is 62.5 Å². The zero-order valence-electron chi connectivity index (χ0n) is 12.9. The van der Waals surface area contributed by atoms with Crippen molar-refractivity contribution >= 4 is 11.3 Å². The standard InChI is InChI=1S/C18H18N2O2/c1-12(2)18(21)16-15-6-4-5-11-20(15)19-17(16)13-7-9-14(22-3)10-8-13/h4-12H,1-3H3. The van der Waals surface area contributed by atoms with Gasteiger partial charge in [-0.1, -0.05) is 19.9 Å². The molecule has 2 aromatic heterocycles. The van der Waals surface area contributed by atoms with Gasteiger partial charge in [0.15, 0.2) is 5.78 Å². The molecule has 0 aliphatic heterocycles. The Kier molecular flexibility index (Phi) is 3.67. The fourth-order valence-electron chi connectivity index (χ4n) is 2.48. The van der Waals surface area contributed by atoms with Gasteiger partial charge in [0.1, 0.15) is 11.4 Å². The highest BCUT2D eigenvalue weighted by Gasteiger charge is 2.22. The maximum Gasteiger partial charge on any atom is 0.169 e. The van der Waals surface area contributed by atoms with Crippen LogP contribution in [0.1, 0.15) is 24.2 Å². The van der Waals surface area contributed by atoms with Crippen LogP contribution in [0.25, 0.3) is 16.8 Å². The predicted octanol–water partition coefficient (Wildman–Crippen LogP) is 3.85. The summed E-state index contributed by atoms with van der Waals surface area (Å²) in [6, 6.07) is 13.4. The van der Waals surface area contributed by atoms with Gasteiger partial charge >= 0.3 is 0 Å². The van der Waals surface area contributed by atoms with Crippen LogP contribution in [0.2, 0.25) is 0 Å². The number of Topliss-reactive ketones (excluding diaryl/α,β-unsaturated/α-hetero) is 1. The van der Waals surface area contributed by atoms with Gasteiger partial charge in [-0.15, -0.1) is 0 Å². The zero-order chi connectivity index (χ0) is 15.7. The molecule has 0 radical (unpaired) electrons. The molecule has 0 spiro atoms. The van der Waals surface area contributed by atoms with E-state index >= 15 is 0 Å². The zero-order valence-corrected chi connectivity index (χ0v) is 12.9. The van der Waals surface area contributed by atoms with Gasteiger partial charge in [-0.3, -0.25) is 4.79 Å². The fourth-order valence-corrected chi connectivity index (χ4v) is 2.48. The summed E-state index contributed by atoms with van der Waals surface area (Å²) in [5.74, 6) is 0.807. The topological polar surface area (TPSA) is 43.6 Å². The normalized spacial score (nSPS) is 11.1.